The van der Waals surface area contributed by atoms with Gasteiger partial charge in [0.1, 0.15) is 11.6 Å². The lowest BCUT2D eigenvalue weighted by atomic mass is 10.1. The summed E-state index contributed by atoms with van der Waals surface area (Å²) in [6.07, 6.45) is -2.12. The van der Waals surface area contributed by atoms with Gasteiger partial charge in [-0.15, -0.1) is 0 Å². The predicted octanol–water partition coefficient (Wildman–Crippen LogP) is 6.83. The highest BCUT2D eigenvalue weighted by molar-refractivity contribution is 6.33. The molecule has 2 aromatic carbocycles. The zero-order valence-electron chi connectivity index (χ0n) is 21.0. The lowest BCUT2D eigenvalue weighted by Gasteiger charge is -2.27. The second-order valence-electron chi connectivity index (χ2n) is 9.91. The molecule has 0 radical (unpaired) electrons. The summed E-state index contributed by atoms with van der Waals surface area (Å²) >= 11 is 6.66. The second kappa shape index (κ2) is 9.47. The molecule has 198 valence electrons. The minimum Gasteiger partial charge on any atom is -0.497 e. The molecule has 1 aliphatic heterocycles. The number of hydrogen-bond donors (Lipinski definition) is 0. The Bertz CT molecular complexity index is 1510. The van der Waals surface area contributed by atoms with Crippen LogP contribution in [0.15, 0.2) is 42.5 Å². The fraction of sp³-hybridized carbons (Fsp3) is 0.357. The Hall–Kier alpha value is -3.30. The molecule has 6 rings (SSSR count). The van der Waals surface area contributed by atoms with Gasteiger partial charge in [-0.3, -0.25) is 0 Å². The molecule has 1 saturated carbocycles. The number of hydrogen-bond acceptors (Lipinski definition) is 5. The third-order valence-electron chi connectivity index (χ3n) is 7.16. The van der Waals surface area contributed by atoms with Crippen molar-refractivity contribution in [3.05, 3.63) is 75.6 Å². The van der Waals surface area contributed by atoms with Gasteiger partial charge in [-0.25, -0.2) is 4.98 Å². The summed E-state index contributed by atoms with van der Waals surface area (Å²) in [5, 5.41) is 5.44. The monoisotopic (exact) mass is 542 g/mol. The molecule has 6 nitrogen and oxygen atoms in total. The van der Waals surface area contributed by atoms with E-state index in [-0.39, 0.29) is 0 Å². The van der Waals surface area contributed by atoms with Crippen LogP contribution in [0.1, 0.15) is 40.9 Å². The number of anilines is 1. The lowest BCUT2D eigenvalue weighted by molar-refractivity contribution is -0.137. The van der Waals surface area contributed by atoms with Crippen LogP contribution >= 0.6 is 11.6 Å². The molecular formula is C28H26ClF3N4O2. The first kappa shape index (κ1) is 25.0. The third kappa shape index (κ3) is 4.58. The number of aromatic nitrogens is 3. The van der Waals surface area contributed by atoms with E-state index in [0.717, 1.165) is 71.0 Å². The molecule has 3 heterocycles. The Kier molecular flexibility index (Phi) is 6.23. The third-order valence-corrected chi connectivity index (χ3v) is 7.47. The average Bonchev–Trinajstić information content (AvgIpc) is 3.47. The zero-order chi connectivity index (χ0) is 26.6. The number of fused-ring (bicyclic) bond motifs is 2. The fourth-order valence-electron chi connectivity index (χ4n) is 5.06. The highest BCUT2D eigenvalue weighted by atomic mass is 35.5. The van der Waals surface area contributed by atoms with E-state index in [4.69, 9.17) is 31.2 Å². The number of rotatable bonds is 7. The Balaban J connectivity index is 1.48. The van der Waals surface area contributed by atoms with Crippen LogP contribution in [0.4, 0.5) is 19.0 Å². The summed E-state index contributed by atoms with van der Waals surface area (Å²) in [5.41, 5.74) is 5.01. The first-order valence-electron chi connectivity index (χ1n) is 12.5. The first-order valence-corrected chi connectivity index (χ1v) is 12.8. The SMILES string of the molecule is COc1ccc(-c2c(C)nn3c(N(Cc4ccc(C(F)(F)F)cc4)CC4CC4)c4c(nc23)COC4)c(Cl)c1. The van der Waals surface area contributed by atoms with Gasteiger partial charge in [-0.2, -0.15) is 22.8 Å². The minimum absolute atomic E-state index is 0.385. The molecule has 10 heteroatoms. The lowest BCUT2D eigenvalue weighted by Crippen LogP contribution is -2.29. The zero-order valence-corrected chi connectivity index (χ0v) is 21.7. The molecule has 0 saturated heterocycles. The van der Waals surface area contributed by atoms with Crippen molar-refractivity contribution >= 4 is 23.1 Å². The van der Waals surface area contributed by atoms with E-state index >= 15 is 0 Å². The van der Waals surface area contributed by atoms with E-state index in [2.05, 4.69) is 4.90 Å². The summed E-state index contributed by atoms with van der Waals surface area (Å²) in [6.45, 7) is 3.93. The van der Waals surface area contributed by atoms with Gasteiger partial charge in [0.25, 0.3) is 0 Å². The van der Waals surface area contributed by atoms with Gasteiger partial charge < -0.3 is 14.4 Å². The predicted molar refractivity (Wildman–Crippen MR) is 138 cm³/mol. The van der Waals surface area contributed by atoms with Crippen LogP contribution in [0.2, 0.25) is 5.02 Å². The maximum atomic E-state index is 13.1. The van der Waals surface area contributed by atoms with E-state index in [1.165, 1.54) is 0 Å². The average molecular weight is 543 g/mol. The summed E-state index contributed by atoms with van der Waals surface area (Å²) in [6, 6.07) is 10.9. The minimum atomic E-state index is -4.37. The van der Waals surface area contributed by atoms with Gasteiger partial charge >= 0.3 is 6.18 Å². The van der Waals surface area contributed by atoms with Crippen molar-refractivity contribution in [1.82, 2.24) is 14.6 Å². The maximum Gasteiger partial charge on any atom is 0.416 e. The molecule has 1 aliphatic carbocycles. The molecule has 2 aliphatic rings. The van der Waals surface area contributed by atoms with Crippen LogP contribution in [0.5, 0.6) is 5.75 Å². The van der Waals surface area contributed by atoms with E-state index in [1.807, 2.05) is 23.6 Å². The fourth-order valence-corrected chi connectivity index (χ4v) is 5.32. The van der Waals surface area contributed by atoms with Crippen molar-refractivity contribution in [2.24, 2.45) is 5.92 Å². The Labute approximate surface area is 222 Å². The second-order valence-corrected chi connectivity index (χ2v) is 10.3. The van der Waals surface area contributed by atoms with Crippen LogP contribution in [0, 0.1) is 12.8 Å². The van der Waals surface area contributed by atoms with Crippen molar-refractivity contribution in [3.8, 4) is 16.9 Å². The van der Waals surface area contributed by atoms with Crippen molar-refractivity contribution in [2.75, 3.05) is 18.6 Å². The Morgan fingerprint density at radius 3 is 2.55 bits per heavy atom. The number of nitrogens with zero attached hydrogens (tertiary/aromatic N) is 4. The molecule has 0 spiro atoms. The number of methoxy groups -OCH3 is 1. The van der Waals surface area contributed by atoms with Crippen molar-refractivity contribution in [3.63, 3.8) is 0 Å². The number of halogens is 4. The molecular weight excluding hydrogens is 517 g/mol. The maximum absolute atomic E-state index is 13.1. The topological polar surface area (TPSA) is 51.9 Å². The largest absolute Gasteiger partial charge is 0.497 e. The van der Waals surface area contributed by atoms with E-state index in [0.29, 0.717) is 42.1 Å². The number of ether oxygens (including phenoxy) is 2. The van der Waals surface area contributed by atoms with E-state index < -0.39 is 11.7 Å². The van der Waals surface area contributed by atoms with Gasteiger partial charge in [-0.1, -0.05) is 23.7 Å². The number of aryl methyl sites for hydroxylation is 1. The standard InChI is InChI=1S/C28H26ClF3N4O2/c1-16-25(21-10-9-20(37-2)11-23(21)29)26-33-24-15-38-14-22(24)27(36(26)34-16)35(12-17-3-4-17)13-18-5-7-19(8-6-18)28(30,31)32/h5-11,17H,3-4,12-15H2,1-2H3. The van der Waals surface area contributed by atoms with Crippen molar-refractivity contribution < 1.29 is 22.6 Å². The Morgan fingerprint density at radius 1 is 1.13 bits per heavy atom. The van der Waals surface area contributed by atoms with E-state index in [1.54, 1.807) is 25.3 Å². The van der Waals surface area contributed by atoms with Crippen molar-refractivity contribution in [2.45, 2.75) is 45.7 Å². The highest BCUT2D eigenvalue weighted by Crippen LogP contribution is 2.40. The molecule has 1 fully saturated rings. The molecule has 0 unspecified atom stereocenters. The van der Waals surface area contributed by atoms with Gasteiger partial charge in [0.05, 0.1) is 47.9 Å². The van der Waals surface area contributed by atoms with Gasteiger partial charge in [0.15, 0.2) is 5.65 Å². The molecule has 0 amide bonds. The summed E-state index contributed by atoms with van der Waals surface area (Å²) in [7, 11) is 1.59. The van der Waals surface area contributed by atoms with Crippen molar-refractivity contribution in [1.29, 1.82) is 0 Å². The highest BCUT2D eigenvalue weighted by Gasteiger charge is 2.33. The normalized spacial score (nSPS) is 15.2. The van der Waals surface area contributed by atoms with Gasteiger partial charge in [-0.05, 0) is 61.6 Å². The quantitative estimate of drug-likeness (QED) is 0.256. The summed E-state index contributed by atoms with van der Waals surface area (Å²) in [4.78, 5) is 7.17. The van der Waals surface area contributed by atoms with Gasteiger partial charge in [0, 0.05) is 24.2 Å². The van der Waals surface area contributed by atoms with Crippen LogP contribution in [0.25, 0.3) is 16.8 Å². The van der Waals surface area contributed by atoms with Crippen LogP contribution < -0.4 is 9.64 Å². The smallest absolute Gasteiger partial charge is 0.416 e. The summed E-state index contributed by atoms with van der Waals surface area (Å²) < 4.78 is 52.4. The van der Waals surface area contributed by atoms with E-state index in [9.17, 15) is 13.2 Å². The molecule has 0 atom stereocenters. The molecule has 0 N–H and O–H groups in total. The molecule has 2 aromatic heterocycles. The van der Waals surface area contributed by atoms with Crippen LogP contribution in [0.3, 0.4) is 0 Å². The Morgan fingerprint density at radius 2 is 1.89 bits per heavy atom. The molecule has 0 bridgehead atoms. The van der Waals surface area contributed by atoms with Crippen LogP contribution in [-0.4, -0.2) is 28.3 Å². The molecule has 4 aromatic rings. The molecule has 38 heavy (non-hydrogen) atoms. The number of alkyl halides is 3. The first-order chi connectivity index (χ1) is 18.2. The summed E-state index contributed by atoms with van der Waals surface area (Å²) in [5.74, 6) is 2.05. The number of benzene rings is 2. The van der Waals surface area contributed by atoms with Crippen LogP contribution in [-0.2, 0) is 30.7 Å². The van der Waals surface area contributed by atoms with Gasteiger partial charge in [0.2, 0.25) is 0 Å².